The minimum absolute atomic E-state index is 0.121. The fraction of sp³-hybridized carbons (Fsp3) is 0.857. The van der Waals surface area contributed by atoms with Crippen LogP contribution in [0.2, 0.25) is 0 Å². The molecule has 1 fully saturated rings. The molecule has 64 valence electrons. The summed E-state index contributed by atoms with van der Waals surface area (Å²) in [5, 5.41) is 0. The standard InChI is InChI=1S/C7H13NO3/c1-2-10-8-7(9)11-6-4-3-5-6/h6H,2-5H2,1H3,(H,8,9). The Morgan fingerprint density at radius 2 is 2.36 bits per heavy atom. The lowest BCUT2D eigenvalue weighted by molar-refractivity contribution is -0.00161. The van der Waals surface area contributed by atoms with Gasteiger partial charge in [-0.2, -0.15) is 5.48 Å². The van der Waals surface area contributed by atoms with Crippen LogP contribution < -0.4 is 5.48 Å². The molecule has 4 heteroatoms. The van der Waals surface area contributed by atoms with Crippen molar-refractivity contribution in [2.45, 2.75) is 32.3 Å². The fourth-order valence-corrected chi connectivity index (χ4v) is 0.795. The Morgan fingerprint density at radius 3 is 2.82 bits per heavy atom. The van der Waals surface area contributed by atoms with Crippen molar-refractivity contribution in [2.75, 3.05) is 6.61 Å². The van der Waals surface area contributed by atoms with E-state index in [0.29, 0.717) is 6.61 Å². The first-order chi connectivity index (χ1) is 5.33. The van der Waals surface area contributed by atoms with Gasteiger partial charge in [0.15, 0.2) is 0 Å². The number of rotatable bonds is 3. The topological polar surface area (TPSA) is 47.6 Å². The van der Waals surface area contributed by atoms with Gasteiger partial charge in [-0.25, -0.2) is 4.79 Å². The van der Waals surface area contributed by atoms with Gasteiger partial charge in [-0.1, -0.05) is 0 Å². The van der Waals surface area contributed by atoms with E-state index < -0.39 is 6.09 Å². The maximum absolute atomic E-state index is 10.7. The Hall–Kier alpha value is -0.770. The van der Waals surface area contributed by atoms with E-state index in [0.717, 1.165) is 19.3 Å². The third kappa shape index (κ3) is 2.76. The Bertz CT molecular complexity index is 134. The van der Waals surface area contributed by atoms with Gasteiger partial charge in [0, 0.05) is 0 Å². The molecule has 0 atom stereocenters. The molecule has 1 amide bonds. The Labute approximate surface area is 65.8 Å². The summed E-state index contributed by atoms with van der Waals surface area (Å²) in [6.45, 7) is 2.25. The van der Waals surface area contributed by atoms with Gasteiger partial charge < -0.3 is 4.74 Å². The van der Waals surface area contributed by atoms with Crippen molar-refractivity contribution in [3.05, 3.63) is 0 Å². The van der Waals surface area contributed by atoms with Gasteiger partial charge in [0.25, 0.3) is 0 Å². The molecule has 0 spiro atoms. The average molecular weight is 159 g/mol. The van der Waals surface area contributed by atoms with Crippen molar-refractivity contribution in [1.29, 1.82) is 0 Å². The van der Waals surface area contributed by atoms with Crippen molar-refractivity contribution < 1.29 is 14.4 Å². The predicted molar refractivity (Wildman–Crippen MR) is 38.9 cm³/mol. The van der Waals surface area contributed by atoms with Gasteiger partial charge in [0.05, 0.1) is 6.61 Å². The first kappa shape index (κ1) is 8.33. The lowest BCUT2D eigenvalue weighted by Gasteiger charge is -2.24. The second-order valence-electron chi connectivity index (χ2n) is 2.49. The Morgan fingerprint density at radius 1 is 1.64 bits per heavy atom. The van der Waals surface area contributed by atoms with Crippen molar-refractivity contribution >= 4 is 6.09 Å². The van der Waals surface area contributed by atoms with Gasteiger partial charge in [0.1, 0.15) is 6.10 Å². The number of amides is 1. The van der Waals surface area contributed by atoms with E-state index in [-0.39, 0.29) is 6.10 Å². The van der Waals surface area contributed by atoms with E-state index >= 15 is 0 Å². The molecule has 1 aliphatic carbocycles. The van der Waals surface area contributed by atoms with E-state index in [1.807, 2.05) is 0 Å². The van der Waals surface area contributed by atoms with Crippen LogP contribution in [0, 0.1) is 0 Å². The van der Waals surface area contributed by atoms with Crippen molar-refractivity contribution in [2.24, 2.45) is 0 Å². The molecule has 0 radical (unpaired) electrons. The molecule has 1 saturated carbocycles. The zero-order valence-corrected chi connectivity index (χ0v) is 6.63. The van der Waals surface area contributed by atoms with Crippen LogP contribution in [0.1, 0.15) is 26.2 Å². The van der Waals surface area contributed by atoms with Crippen molar-refractivity contribution in [1.82, 2.24) is 5.48 Å². The van der Waals surface area contributed by atoms with Crippen LogP contribution in [0.3, 0.4) is 0 Å². The van der Waals surface area contributed by atoms with Crippen LogP contribution in [-0.2, 0) is 9.57 Å². The molecule has 0 unspecified atom stereocenters. The molecule has 1 N–H and O–H groups in total. The second kappa shape index (κ2) is 4.18. The van der Waals surface area contributed by atoms with Crippen molar-refractivity contribution in [3.63, 3.8) is 0 Å². The number of carbonyl (C=O) groups excluding carboxylic acids is 1. The molecule has 1 rings (SSSR count). The molecule has 0 aliphatic heterocycles. The van der Waals surface area contributed by atoms with E-state index in [4.69, 9.17) is 4.74 Å². The highest BCUT2D eigenvalue weighted by Crippen LogP contribution is 2.21. The average Bonchev–Trinajstić information content (AvgIpc) is 1.93. The van der Waals surface area contributed by atoms with Gasteiger partial charge in [0.2, 0.25) is 0 Å². The predicted octanol–water partition coefficient (Wildman–Crippen LogP) is 1.22. The zero-order valence-electron chi connectivity index (χ0n) is 6.63. The first-order valence-electron chi connectivity index (χ1n) is 3.91. The molecule has 11 heavy (non-hydrogen) atoms. The quantitative estimate of drug-likeness (QED) is 0.630. The van der Waals surface area contributed by atoms with Crippen LogP contribution in [0.5, 0.6) is 0 Å². The molecule has 0 bridgehead atoms. The lowest BCUT2D eigenvalue weighted by Crippen LogP contribution is -2.32. The van der Waals surface area contributed by atoms with Gasteiger partial charge in [-0.15, -0.1) is 0 Å². The van der Waals surface area contributed by atoms with Crippen LogP contribution in [0.15, 0.2) is 0 Å². The number of ether oxygens (including phenoxy) is 1. The largest absolute Gasteiger partial charge is 0.445 e. The van der Waals surface area contributed by atoms with Crippen LogP contribution in [0.25, 0.3) is 0 Å². The van der Waals surface area contributed by atoms with E-state index in [9.17, 15) is 4.79 Å². The molecule has 0 saturated heterocycles. The third-order valence-corrected chi connectivity index (χ3v) is 1.63. The highest BCUT2D eigenvalue weighted by molar-refractivity contribution is 5.66. The van der Waals surface area contributed by atoms with Crippen LogP contribution in [0.4, 0.5) is 4.79 Å². The second-order valence-corrected chi connectivity index (χ2v) is 2.49. The van der Waals surface area contributed by atoms with Gasteiger partial charge >= 0.3 is 6.09 Å². The Kier molecular flexibility index (Phi) is 3.16. The normalized spacial score (nSPS) is 17.2. The van der Waals surface area contributed by atoms with Gasteiger partial charge in [-0.05, 0) is 26.2 Å². The smallest absolute Gasteiger partial charge is 0.431 e. The molecule has 1 aliphatic rings. The molecule has 0 aromatic carbocycles. The minimum atomic E-state index is -0.475. The highest BCUT2D eigenvalue weighted by Gasteiger charge is 2.21. The molecule has 0 aromatic heterocycles. The van der Waals surface area contributed by atoms with Crippen LogP contribution in [-0.4, -0.2) is 18.8 Å². The zero-order chi connectivity index (χ0) is 8.10. The number of hydrogen-bond donors (Lipinski definition) is 1. The summed E-state index contributed by atoms with van der Waals surface area (Å²) in [6, 6.07) is 0. The molecular formula is C7H13NO3. The summed E-state index contributed by atoms with van der Waals surface area (Å²) in [5.41, 5.74) is 2.17. The van der Waals surface area contributed by atoms with Crippen LogP contribution >= 0.6 is 0 Å². The maximum atomic E-state index is 10.7. The summed E-state index contributed by atoms with van der Waals surface area (Å²) in [5.74, 6) is 0. The maximum Gasteiger partial charge on any atom is 0.431 e. The third-order valence-electron chi connectivity index (χ3n) is 1.63. The summed E-state index contributed by atoms with van der Waals surface area (Å²) >= 11 is 0. The Balaban J connectivity index is 2.00. The molecular weight excluding hydrogens is 146 g/mol. The number of nitrogens with one attached hydrogen (secondary N) is 1. The van der Waals surface area contributed by atoms with E-state index in [1.165, 1.54) is 0 Å². The fourth-order valence-electron chi connectivity index (χ4n) is 0.795. The molecule has 4 nitrogen and oxygen atoms in total. The van der Waals surface area contributed by atoms with E-state index in [2.05, 4.69) is 10.3 Å². The highest BCUT2D eigenvalue weighted by atomic mass is 16.7. The minimum Gasteiger partial charge on any atom is -0.445 e. The summed E-state index contributed by atoms with van der Waals surface area (Å²) in [6.07, 6.45) is 2.78. The summed E-state index contributed by atoms with van der Waals surface area (Å²) in [7, 11) is 0. The summed E-state index contributed by atoms with van der Waals surface area (Å²) in [4.78, 5) is 15.4. The number of carbonyl (C=O) groups is 1. The van der Waals surface area contributed by atoms with E-state index in [1.54, 1.807) is 6.92 Å². The molecule has 0 aromatic rings. The summed E-state index contributed by atoms with van der Waals surface area (Å²) < 4.78 is 4.91. The molecule has 0 heterocycles. The first-order valence-corrected chi connectivity index (χ1v) is 3.91. The monoisotopic (exact) mass is 159 g/mol. The van der Waals surface area contributed by atoms with Gasteiger partial charge in [-0.3, -0.25) is 4.84 Å². The SMILES string of the molecule is CCONC(=O)OC1CCC1. The number of hydrogen-bond acceptors (Lipinski definition) is 3. The van der Waals surface area contributed by atoms with Crippen molar-refractivity contribution in [3.8, 4) is 0 Å². The number of hydroxylamine groups is 1. The lowest BCUT2D eigenvalue weighted by atomic mass is 9.96.